The van der Waals surface area contributed by atoms with Gasteiger partial charge in [0.05, 0.1) is 23.2 Å². The molecular weight excluding hydrogens is 326 g/mol. The normalized spacial score (nSPS) is 12.3. The second-order valence-corrected chi connectivity index (χ2v) is 5.28. The fourth-order valence-electron chi connectivity index (χ4n) is 2.22. The predicted octanol–water partition coefficient (Wildman–Crippen LogP) is 4.15. The lowest BCUT2D eigenvalue weighted by atomic mass is 10.0. The summed E-state index contributed by atoms with van der Waals surface area (Å²) in [5.41, 5.74) is 2.60. The molecule has 5 nitrogen and oxygen atoms in total. The van der Waals surface area contributed by atoms with Crippen molar-refractivity contribution in [2.45, 2.75) is 20.3 Å². The van der Waals surface area contributed by atoms with Crippen LogP contribution < -0.4 is 5.32 Å². The summed E-state index contributed by atoms with van der Waals surface area (Å²) in [7, 11) is 0. The van der Waals surface area contributed by atoms with Crippen LogP contribution in [0.2, 0.25) is 5.02 Å². The molecule has 24 heavy (non-hydrogen) atoms. The molecular formula is C18H18ClN3O2. The minimum atomic E-state index is -1.04. The summed E-state index contributed by atoms with van der Waals surface area (Å²) in [6, 6.07) is 7.45. The van der Waals surface area contributed by atoms with Crippen molar-refractivity contribution in [1.29, 1.82) is 0 Å². The Hall–Kier alpha value is -2.66. The lowest BCUT2D eigenvalue weighted by molar-refractivity contribution is -0.132. The molecule has 2 aromatic rings. The van der Waals surface area contributed by atoms with Gasteiger partial charge in [-0.05, 0) is 17.7 Å². The van der Waals surface area contributed by atoms with E-state index in [-0.39, 0.29) is 5.57 Å². The number of benzene rings is 1. The van der Waals surface area contributed by atoms with E-state index in [1.807, 2.05) is 32.0 Å². The smallest absolute Gasteiger partial charge is 0.337 e. The van der Waals surface area contributed by atoms with Gasteiger partial charge in [-0.3, -0.25) is 0 Å². The second kappa shape index (κ2) is 7.75. The molecule has 1 aromatic carbocycles. The van der Waals surface area contributed by atoms with Crippen LogP contribution >= 0.6 is 11.6 Å². The Morgan fingerprint density at radius 3 is 2.79 bits per heavy atom. The molecule has 2 heterocycles. The number of nitrogens with zero attached hydrogens (tertiary/aromatic N) is 2. The van der Waals surface area contributed by atoms with Crippen LogP contribution in [0.1, 0.15) is 30.9 Å². The maximum absolute atomic E-state index is 11.2. The molecule has 1 aliphatic heterocycles. The van der Waals surface area contributed by atoms with Gasteiger partial charge in [-0.1, -0.05) is 44.2 Å². The molecule has 0 saturated carbocycles. The number of nitrogens with one attached hydrogen (secondary N) is 1. The Labute approximate surface area is 145 Å². The Kier molecular flexibility index (Phi) is 5.71. The molecule has 0 amide bonds. The lowest BCUT2D eigenvalue weighted by Gasteiger charge is -2.17. The Bertz CT molecular complexity index is 816. The highest BCUT2D eigenvalue weighted by Crippen LogP contribution is 2.30. The highest BCUT2D eigenvalue weighted by Gasteiger charge is 2.22. The summed E-state index contributed by atoms with van der Waals surface area (Å²) in [5.74, 6) is -0.464. The van der Waals surface area contributed by atoms with Crippen LogP contribution in [0.25, 0.3) is 5.57 Å². The van der Waals surface area contributed by atoms with E-state index in [1.165, 1.54) is 6.20 Å². The van der Waals surface area contributed by atoms with Crippen LogP contribution in [-0.4, -0.2) is 21.0 Å². The van der Waals surface area contributed by atoms with Gasteiger partial charge in [0.2, 0.25) is 0 Å². The molecule has 0 saturated heterocycles. The number of rotatable bonds is 3. The molecule has 0 aliphatic carbocycles. The summed E-state index contributed by atoms with van der Waals surface area (Å²) in [6.07, 6.45) is 3.53. The van der Waals surface area contributed by atoms with Crippen LogP contribution in [0, 0.1) is 0 Å². The summed E-state index contributed by atoms with van der Waals surface area (Å²) in [5, 5.41) is 12.7. The number of halogens is 1. The molecule has 3 rings (SSSR count). The maximum atomic E-state index is 11.2. The number of carbonyl (C=O) groups is 1. The minimum Gasteiger partial charge on any atom is -0.478 e. The number of aliphatic carboxylic acids is 1. The first-order valence-corrected chi connectivity index (χ1v) is 7.92. The van der Waals surface area contributed by atoms with Gasteiger partial charge in [0.1, 0.15) is 5.82 Å². The first-order valence-electron chi connectivity index (χ1n) is 7.54. The number of hydrogen-bond donors (Lipinski definition) is 2. The molecule has 1 aliphatic rings. The molecule has 0 bridgehead atoms. The van der Waals surface area contributed by atoms with Crippen molar-refractivity contribution in [3.63, 3.8) is 0 Å². The highest BCUT2D eigenvalue weighted by atomic mass is 35.5. The summed E-state index contributed by atoms with van der Waals surface area (Å²) in [4.78, 5) is 19.9. The van der Waals surface area contributed by atoms with Crippen LogP contribution in [-0.2, 0) is 11.2 Å². The molecule has 0 atom stereocenters. The van der Waals surface area contributed by atoms with Gasteiger partial charge >= 0.3 is 5.97 Å². The van der Waals surface area contributed by atoms with Crippen molar-refractivity contribution in [2.24, 2.45) is 0 Å². The Morgan fingerprint density at radius 1 is 1.38 bits per heavy atom. The molecule has 0 spiro atoms. The largest absolute Gasteiger partial charge is 0.478 e. The molecule has 2 N–H and O–H groups in total. The Balaban J connectivity index is 0.00000100. The van der Waals surface area contributed by atoms with Gasteiger partial charge in [-0.15, -0.1) is 0 Å². The van der Waals surface area contributed by atoms with Gasteiger partial charge in [-0.25, -0.2) is 14.8 Å². The first-order chi connectivity index (χ1) is 11.5. The third-order valence-corrected chi connectivity index (χ3v) is 3.54. The van der Waals surface area contributed by atoms with E-state index in [0.717, 1.165) is 5.56 Å². The zero-order valence-corrected chi connectivity index (χ0v) is 14.3. The summed E-state index contributed by atoms with van der Waals surface area (Å²) in [6.45, 7) is 7.82. The van der Waals surface area contributed by atoms with Crippen molar-refractivity contribution >= 4 is 28.8 Å². The third kappa shape index (κ3) is 3.81. The van der Waals surface area contributed by atoms with Crippen LogP contribution in [0.5, 0.6) is 0 Å². The van der Waals surface area contributed by atoms with Crippen molar-refractivity contribution in [1.82, 2.24) is 9.97 Å². The molecule has 0 unspecified atom stereocenters. The standard InChI is InChI=1S/C16H12ClN3O2.C2H6/c1-9-12(16(21)22)7-18-13-8-19-14(20-15(9)13)6-10-3-2-4-11(17)5-10;1-2/h2-5,7-8,18H,1,6H2,(H,21,22);1-2H3. The van der Waals surface area contributed by atoms with E-state index in [0.29, 0.717) is 34.2 Å². The van der Waals surface area contributed by atoms with Gasteiger partial charge in [0, 0.05) is 23.2 Å². The molecule has 124 valence electrons. The summed E-state index contributed by atoms with van der Waals surface area (Å²) < 4.78 is 0. The monoisotopic (exact) mass is 343 g/mol. The number of carboxylic acid groups (broad SMARTS) is 1. The van der Waals surface area contributed by atoms with Crippen LogP contribution in [0.4, 0.5) is 5.69 Å². The lowest BCUT2D eigenvalue weighted by Crippen LogP contribution is -2.14. The quantitative estimate of drug-likeness (QED) is 0.875. The zero-order chi connectivity index (χ0) is 17.7. The third-order valence-electron chi connectivity index (χ3n) is 3.30. The average Bonchev–Trinajstić information content (AvgIpc) is 2.57. The Morgan fingerprint density at radius 2 is 2.12 bits per heavy atom. The molecule has 6 heteroatoms. The van der Waals surface area contributed by atoms with Crippen molar-refractivity contribution in [2.75, 3.05) is 5.32 Å². The van der Waals surface area contributed by atoms with E-state index in [2.05, 4.69) is 21.9 Å². The van der Waals surface area contributed by atoms with Gasteiger partial charge in [0.25, 0.3) is 0 Å². The van der Waals surface area contributed by atoms with Gasteiger partial charge in [0.15, 0.2) is 0 Å². The minimum absolute atomic E-state index is 0.0971. The fraction of sp³-hybridized carbons (Fsp3) is 0.167. The van der Waals surface area contributed by atoms with E-state index in [1.54, 1.807) is 12.3 Å². The maximum Gasteiger partial charge on any atom is 0.337 e. The van der Waals surface area contributed by atoms with E-state index >= 15 is 0 Å². The van der Waals surface area contributed by atoms with Crippen LogP contribution in [0.15, 0.2) is 48.8 Å². The van der Waals surface area contributed by atoms with E-state index < -0.39 is 5.97 Å². The number of anilines is 1. The predicted molar refractivity (Wildman–Crippen MR) is 96.0 cm³/mol. The van der Waals surface area contributed by atoms with Gasteiger partial charge < -0.3 is 10.4 Å². The summed E-state index contributed by atoms with van der Waals surface area (Å²) >= 11 is 5.97. The second-order valence-electron chi connectivity index (χ2n) is 4.84. The number of carboxylic acids is 1. The first kappa shape index (κ1) is 17.7. The zero-order valence-electron chi connectivity index (χ0n) is 13.5. The van der Waals surface area contributed by atoms with Crippen LogP contribution in [0.3, 0.4) is 0 Å². The number of hydrogen-bond acceptors (Lipinski definition) is 4. The van der Waals surface area contributed by atoms with E-state index in [9.17, 15) is 4.79 Å². The number of aromatic nitrogens is 2. The fourth-order valence-corrected chi connectivity index (χ4v) is 2.44. The number of fused-ring (bicyclic) bond motifs is 1. The topological polar surface area (TPSA) is 75.1 Å². The highest BCUT2D eigenvalue weighted by molar-refractivity contribution is 6.30. The molecule has 0 fully saturated rings. The van der Waals surface area contributed by atoms with Crippen molar-refractivity contribution in [3.05, 3.63) is 70.9 Å². The van der Waals surface area contributed by atoms with E-state index in [4.69, 9.17) is 16.7 Å². The van der Waals surface area contributed by atoms with Crippen molar-refractivity contribution < 1.29 is 9.90 Å². The average molecular weight is 344 g/mol. The van der Waals surface area contributed by atoms with Gasteiger partial charge in [-0.2, -0.15) is 0 Å². The van der Waals surface area contributed by atoms with Crippen molar-refractivity contribution in [3.8, 4) is 0 Å². The molecule has 1 aromatic heterocycles. The SMILES string of the molecule is C=C1C(C(=O)O)=CNc2cnc(Cc3cccc(Cl)c3)nc21.CC. The molecule has 0 radical (unpaired) electrons.